The van der Waals surface area contributed by atoms with Crippen molar-refractivity contribution in [3.8, 4) is 17.0 Å². The number of aromatic nitrogens is 2. The minimum Gasteiger partial charge on any atom is -0.487 e. The molecule has 1 amide bonds. The number of halogens is 4. The van der Waals surface area contributed by atoms with Gasteiger partial charge in [-0.15, -0.1) is 0 Å². The lowest BCUT2D eigenvalue weighted by atomic mass is 10.1. The number of hydrogen-bond acceptors (Lipinski definition) is 5. The van der Waals surface area contributed by atoms with Crippen LogP contribution in [0, 0.1) is 11.6 Å². The summed E-state index contributed by atoms with van der Waals surface area (Å²) in [6, 6.07) is 8.25. The topological polar surface area (TPSA) is 82.5 Å². The Balaban J connectivity index is 1.77. The molecule has 172 valence electrons. The molecule has 0 aliphatic carbocycles. The van der Waals surface area contributed by atoms with E-state index in [4.69, 9.17) is 9.47 Å². The first kappa shape index (κ1) is 22.5. The van der Waals surface area contributed by atoms with Crippen molar-refractivity contribution < 1.29 is 31.8 Å². The second-order valence-electron chi connectivity index (χ2n) is 7.17. The van der Waals surface area contributed by atoms with Crippen LogP contribution in [0.3, 0.4) is 0 Å². The second kappa shape index (κ2) is 9.41. The highest BCUT2D eigenvalue weighted by Crippen LogP contribution is 2.28. The van der Waals surface area contributed by atoms with E-state index < -0.39 is 36.0 Å². The molecule has 2 aromatic carbocycles. The van der Waals surface area contributed by atoms with Crippen molar-refractivity contribution >= 4 is 11.6 Å². The zero-order valence-corrected chi connectivity index (χ0v) is 16.9. The SMILES string of the molecule is O=C(Nc1ccc(F)cc1F)c1cn(C2COC2)nc(-c2ccccc2OCC(F)F)c1=O. The van der Waals surface area contributed by atoms with Crippen LogP contribution in [-0.2, 0) is 4.74 Å². The lowest BCUT2D eigenvalue weighted by Crippen LogP contribution is -2.35. The fraction of sp³-hybridized carbons (Fsp3) is 0.227. The van der Waals surface area contributed by atoms with Gasteiger partial charge in [0.1, 0.15) is 35.2 Å². The molecular weight excluding hydrogens is 446 g/mol. The molecule has 0 bridgehead atoms. The molecule has 4 rings (SSSR count). The molecule has 2 heterocycles. The zero-order chi connectivity index (χ0) is 23.5. The van der Waals surface area contributed by atoms with Gasteiger partial charge in [0, 0.05) is 17.8 Å². The number of anilines is 1. The first-order chi connectivity index (χ1) is 15.8. The molecule has 0 unspecified atom stereocenters. The summed E-state index contributed by atoms with van der Waals surface area (Å²) in [5.74, 6) is -2.81. The molecule has 0 saturated carbocycles. The highest BCUT2D eigenvalue weighted by molar-refractivity contribution is 6.04. The van der Waals surface area contributed by atoms with Gasteiger partial charge < -0.3 is 14.8 Å². The Morgan fingerprint density at radius 1 is 1.21 bits per heavy atom. The summed E-state index contributed by atoms with van der Waals surface area (Å²) in [5.41, 5.74) is -1.61. The summed E-state index contributed by atoms with van der Waals surface area (Å²) >= 11 is 0. The van der Waals surface area contributed by atoms with Crippen LogP contribution in [0.4, 0.5) is 23.2 Å². The molecule has 1 N–H and O–H groups in total. The number of carbonyl (C=O) groups is 1. The maximum atomic E-state index is 14.0. The predicted molar refractivity (Wildman–Crippen MR) is 110 cm³/mol. The maximum absolute atomic E-state index is 14.0. The van der Waals surface area contributed by atoms with E-state index in [1.165, 1.54) is 29.1 Å². The minimum atomic E-state index is -2.74. The molecule has 3 aromatic rings. The van der Waals surface area contributed by atoms with Gasteiger partial charge in [-0.1, -0.05) is 12.1 Å². The Morgan fingerprint density at radius 2 is 1.97 bits per heavy atom. The Morgan fingerprint density at radius 3 is 2.64 bits per heavy atom. The average Bonchev–Trinajstić information content (AvgIpc) is 2.74. The van der Waals surface area contributed by atoms with Crippen LogP contribution in [0.15, 0.2) is 53.5 Å². The van der Waals surface area contributed by atoms with E-state index in [2.05, 4.69) is 10.4 Å². The Kier molecular flexibility index (Phi) is 6.40. The van der Waals surface area contributed by atoms with Crippen molar-refractivity contribution in [2.24, 2.45) is 0 Å². The monoisotopic (exact) mass is 463 g/mol. The van der Waals surface area contributed by atoms with Crippen molar-refractivity contribution in [3.05, 3.63) is 76.1 Å². The minimum absolute atomic E-state index is 0.0130. The smallest absolute Gasteiger partial charge is 0.272 e. The van der Waals surface area contributed by atoms with Crippen LogP contribution in [0.25, 0.3) is 11.3 Å². The predicted octanol–water partition coefficient (Wildman–Crippen LogP) is 3.66. The number of hydrogen-bond donors (Lipinski definition) is 1. The fourth-order valence-corrected chi connectivity index (χ4v) is 3.13. The molecule has 1 aliphatic rings. The van der Waals surface area contributed by atoms with Gasteiger partial charge >= 0.3 is 0 Å². The van der Waals surface area contributed by atoms with E-state index in [-0.39, 0.29) is 47.5 Å². The number of carbonyl (C=O) groups excluding carboxylic acids is 1. The lowest BCUT2D eigenvalue weighted by molar-refractivity contribution is -0.0292. The number of rotatable bonds is 7. The Bertz CT molecular complexity index is 1240. The first-order valence-electron chi connectivity index (χ1n) is 9.81. The second-order valence-corrected chi connectivity index (χ2v) is 7.17. The van der Waals surface area contributed by atoms with Gasteiger partial charge in [0.15, 0.2) is 0 Å². The number of nitrogens with zero attached hydrogens (tertiary/aromatic N) is 2. The van der Waals surface area contributed by atoms with Crippen molar-refractivity contribution in [1.82, 2.24) is 9.78 Å². The molecule has 1 aliphatic heterocycles. The van der Waals surface area contributed by atoms with Crippen LogP contribution in [0.5, 0.6) is 5.75 Å². The molecule has 11 heteroatoms. The van der Waals surface area contributed by atoms with Crippen LogP contribution < -0.4 is 15.5 Å². The highest BCUT2D eigenvalue weighted by atomic mass is 19.3. The number of ether oxygens (including phenoxy) is 2. The van der Waals surface area contributed by atoms with Crippen LogP contribution in [0.1, 0.15) is 16.4 Å². The molecule has 1 aromatic heterocycles. The van der Waals surface area contributed by atoms with Crippen LogP contribution in [0.2, 0.25) is 0 Å². The summed E-state index contributed by atoms with van der Waals surface area (Å²) < 4.78 is 64.1. The molecule has 1 saturated heterocycles. The van der Waals surface area contributed by atoms with Crippen molar-refractivity contribution in [2.45, 2.75) is 12.5 Å². The number of para-hydroxylation sites is 1. The number of nitrogens with one attached hydrogen (secondary N) is 1. The van der Waals surface area contributed by atoms with Crippen LogP contribution >= 0.6 is 0 Å². The zero-order valence-electron chi connectivity index (χ0n) is 16.9. The maximum Gasteiger partial charge on any atom is 0.272 e. The molecular formula is C22H17F4N3O4. The Labute approximate surface area is 184 Å². The summed E-state index contributed by atoms with van der Waals surface area (Å²) in [4.78, 5) is 26.0. The number of benzene rings is 2. The van der Waals surface area contributed by atoms with Crippen molar-refractivity contribution in [1.29, 1.82) is 0 Å². The number of amides is 1. The lowest BCUT2D eigenvalue weighted by Gasteiger charge is -2.28. The molecule has 0 spiro atoms. The normalized spacial score (nSPS) is 13.6. The average molecular weight is 463 g/mol. The quantitative estimate of drug-likeness (QED) is 0.541. The van der Waals surface area contributed by atoms with Gasteiger partial charge in [0.25, 0.3) is 12.3 Å². The fourth-order valence-electron chi connectivity index (χ4n) is 3.13. The van der Waals surface area contributed by atoms with Gasteiger partial charge in [-0.3, -0.25) is 14.3 Å². The summed E-state index contributed by atoms with van der Waals surface area (Å²) in [6.45, 7) is -0.329. The van der Waals surface area contributed by atoms with E-state index in [0.717, 1.165) is 12.1 Å². The molecule has 1 fully saturated rings. The van der Waals surface area contributed by atoms with Crippen molar-refractivity contribution in [3.63, 3.8) is 0 Å². The van der Waals surface area contributed by atoms with Gasteiger partial charge in [-0.2, -0.15) is 5.10 Å². The molecule has 0 radical (unpaired) electrons. The van der Waals surface area contributed by atoms with E-state index in [1.54, 1.807) is 6.07 Å². The molecule has 0 atom stereocenters. The number of alkyl halides is 2. The van der Waals surface area contributed by atoms with E-state index >= 15 is 0 Å². The van der Waals surface area contributed by atoms with Gasteiger partial charge in [0.2, 0.25) is 5.43 Å². The standard InChI is InChI=1S/C22H17F4N3O4/c23-12-5-6-17(16(24)7-12)27-22(31)15-8-29(13-9-32-10-13)28-20(21(15)30)14-3-1-2-4-18(14)33-11-19(25)26/h1-8,13,19H,9-11H2,(H,27,31). The summed E-state index contributed by atoms with van der Waals surface area (Å²) in [6.07, 6.45) is -1.53. The summed E-state index contributed by atoms with van der Waals surface area (Å²) in [7, 11) is 0. The van der Waals surface area contributed by atoms with Gasteiger partial charge in [-0.25, -0.2) is 17.6 Å². The molecule has 7 nitrogen and oxygen atoms in total. The molecule has 33 heavy (non-hydrogen) atoms. The van der Waals surface area contributed by atoms with Crippen LogP contribution in [-0.4, -0.2) is 41.9 Å². The Hall–Kier alpha value is -3.73. The largest absolute Gasteiger partial charge is 0.487 e. The van der Waals surface area contributed by atoms with Gasteiger partial charge in [-0.05, 0) is 24.3 Å². The van der Waals surface area contributed by atoms with Gasteiger partial charge in [0.05, 0.1) is 24.9 Å². The third-order valence-electron chi connectivity index (χ3n) is 4.86. The summed E-state index contributed by atoms with van der Waals surface area (Å²) in [5, 5.41) is 6.53. The van der Waals surface area contributed by atoms with E-state index in [0.29, 0.717) is 6.07 Å². The van der Waals surface area contributed by atoms with E-state index in [9.17, 15) is 27.2 Å². The third-order valence-corrected chi connectivity index (χ3v) is 4.86. The van der Waals surface area contributed by atoms with E-state index in [1.807, 2.05) is 0 Å². The van der Waals surface area contributed by atoms with Crippen molar-refractivity contribution in [2.75, 3.05) is 25.1 Å². The highest BCUT2D eigenvalue weighted by Gasteiger charge is 2.26. The first-order valence-corrected chi connectivity index (χ1v) is 9.81. The third kappa shape index (κ3) is 4.87.